The second-order valence-electron chi connectivity index (χ2n) is 7.25. The number of hydrogen-bond acceptors (Lipinski definition) is 5. The van der Waals surface area contributed by atoms with Gasteiger partial charge in [-0.1, -0.05) is 6.07 Å². The Morgan fingerprint density at radius 2 is 1.81 bits per heavy atom. The molecule has 8 heteroatoms. The lowest BCUT2D eigenvalue weighted by Crippen LogP contribution is -2.38. The van der Waals surface area contributed by atoms with Crippen molar-refractivity contribution in [1.29, 1.82) is 0 Å². The van der Waals surface area contributed by atoms with Crippen LogP contribution < -0.4 is 29.7 Å². The molecule has 3 amide bonds. The molecule has 0 bridgehead atoms. The summed E-state index contributed by atoms with van der Waals surface area (Å²) in [5.74, 6) is 2.15. The third-order valence-electron chi connectivity index (χ3n) is 5.12. The molecule has 3 rings (SSSR count). The predicted molar refractivity (Wildman–Crippen MR) is 118 cm³/mol. The Labute approximate surface area is 182 Å². The van der Waals surface area contributed by atoms with Crippen LogP contribution in [-0.2, 0) is 11.3 Å². The predicted octanol–water partition coefficient (Wildman–Crippen LogP) is 2.95. The van der Waals surface area contributed by atoms with Gasteiger partial charge in [-0.15, -0.1) is 0 Å². The van der Waals surface area contributed by atoms with Crippen LogP contribution in [0.3, 0.4) is 0 Å². The summed E-state index contributed by atoms with van der Waals surface area (Å²) in [7, 11) is 3.15. The van der Waals surface area contributed by atoms with Gasteiger partial charge in [-0.3, -0.25) is 4.79 Å². The molecule has 2 aromatic rings. The summed E-state index contributed by atoms with van der Waals surface area (Å²) in [5, 5.41) is 5.68. The fourth-order valence-electron chi connectivity index (χ4n) is 3.53. The molecular formula is C23H29N3O5. The zero-order valence-electron chi connectivity index (χ0n) is 18.1. The highest BCUT2D eigenvalue weighted by molar-refractivity contribution is 5.95. The average molecular weight is 428 g/mol. The van der Waals surface area contributed by atoms with Crippen LogP contribution in [-0.4, -0.2) is 45.9 Å². The van der Waals surface area contributed by atoms with Crippen molar-refractivity contribution < 1.29 is 23.8 Å². The van der Waals surface area contributed by atoms with E-state index in [-0.39, 0.29) is 17.9 Å². The number of nitrogens with zero attached hydrogens (tertiary/aromatic N) is 1. The maximum atomic E-state index is 12.4. The van der Waals surface area contributed by atoms with Gasteiger partial charge in [0.25, 0.3) is 0 Å². The summed E-state index contributed by atoms with van der Waals surface area (Å²) in [4.78, 5) is 26.4. The number of amides is 3. The summed E-state index contributed by atoms with van der Waals surface area (Å²) in [6.07, 6.45) is 0.406. The normalized spacial score (nSPS) is 15.5. The number of carbonyl (C=O) groups excluding carboxylic acids is 2. The molecule has 0 aromatic heterocycles. The number of hydrogen-bond donors (Lipinski definition) is 2. The molecular weight excluding hydrogens is 398 g/mol. The van der Waals surface area contributed by atoms with E-state index in [0.29, 0.717) is 44.2 Å². The minimum atomic E-state index is -0.276. The number of nitrogens with one attached hydrogen (secondary N) is 2. The fraction of sp³-hybridized carbons (Fsp3) is 0.391. The highest BCUT2D eigenvalue weighted by atomic mass is 16.5. The van der Waals surface area contributed by atoms with Crippen molar-refractivity contribution in [3.8, 4) is 17.2 Å². The van der Waals surface area contributed by atoms with Gasteiger partial charge < -0.3 is 29.7 Å². The van der Waals surface area contributed by atoms with Gasteiger partial charge in [-0.05, 0) is 48.9 Å². The van der Waals surface area contributed by atoms with Gasteiger partial charge in [0.2, 0.25) is 5.91 Å². The van der Waals surface area contributed by atoms with E-state index in [2.05, 4.69) is 10.6 Å². The maximum absolute atomic E-state index is 12.4. The first-order valence-corrected chi connectivity index (χ1v) is 10.3. The van der Waals surface area contributed by atoms with Crippen molar-refractivity contribution in [3.05, 3.63) is 48.0 Å². The highest BCUT2D eigenvalue weighted by Crippen LogP contribution is 2.28. The standard InChI is InChI=1S/C23H29N3O5/c1-4-31-19-8-6-18(7-9-19)26-15-17(12-22(26)27)14-25-23(28)24-13-16-5-10-20(29-2)21(11-16)30-3/h5-11,17H,4,12-15H2,1-3H3,(H2,24,25,28). The van der Waals surface area contributed by atoms with E-state index >= 15 is 0 Å². The largest absolute Gasteiger partial charge is 0.494 e. The van der Waals surface area contributed by atoms with Crippen LogP contribution in [0.5, 0.6) is 17.2 Å². The first-order chi connectivity index (χ1) is 15.0. The van der Waals surface area contributed by atoms with Gasteiger partial charge in [-0.2, -0.15) is 0 Å². The summed E-state index contributed by atoms with van der Waals surface area (Å²) < 4.78 is 15.9. The fourth-order valence-corrected chi connectivity index (χ4v) is 3.53. The number of ether oxygens (including phenoxy) is 3. The molecule has 1 unspecified atom stereocenters. The molecule has 1 atom stereocenters. The molecule has 0 radical (unpaired) electrons. The summed E-state index contributed by atoms with van der Waals surface area (Å²) >= 11 is 0. The maximum Gasteiger partial charge on any atom is 0.315 e. The van der Waals surface area contributed by atoms with E-state index in [4.69, 9.17) is 14.2 Å². The Balaban J connectivity index is 1.46. The van der Waals surface area contributed by atoms with E-state index < -0.39 is 0 Å². The van der Waals surface area contributed by atoms with Crippen molar-refractivity contribution in [3.63, 3.8) is 0 Å². The first-order valence-electron chi connectivity index (χ1n) is 10.3. The van der Waals surface area contributed by atoms with Crippen LogP contribution >= 0.6 is 0 Å². The average Bonchev–Trinajstić information content (AvgIpc) is 3.17. The lowest BCUT2D eigenvalue weighted by molar-refractivity contribution is -0.117. The number of urea groups is 1. The Kier molecular flexibility index (Phi) is 7.59. The SMILES string of the molecule is CCOc1ccc(N2CC(CNC(=O)NCc3ccc(OC)c(OC)c3)CC2=O)cc1. The van der Waals surface area contributed by atoms with Gasteiger partial charge >= 0.3 is 6.03 Å². The number of rotatable bonds is 9. The molecule has 2 N–H and O–H groups in total. The van der Waals surface area contributed by atoms with Gasteiger partial charge in [0.05, 0.1) is 20.8 Å². The minimum Gasteiger partial charge on any atom is -0.494 e. The van der Waals surface area contributed by atoms with Crippen LogP contribution in [0.25, 0.3) is 0 Å². The number of carbonyl (C=O) groups is 2. The molecule has 2 aromatic carbocycles. The van der Waals surface area contributed by atoms with Crippen LogP contribution in [0.1, 0.15) is 18.9 Å². The van der Waals surface area contributed by atoms with Gasteiger partial charge in [0, 0.05) is 37.7 Å². The molecule has 31 heavy (non-hydrogen) atoms. The smallest absolute Gasteiger partial charge is 0.315 e. The van der Waals surface area contributed by atoms with Crippen molar-refractivity contribution >= 4 is 17.6 Å². The van der Waals surface area contributed by atoms with Crippen molar-refractivity contribution in [1.82, 2.24) is 10.6 Å². The molecule has 0 aliphatic carbocycles. The van der Waals surface area contributed by atoms with Crippen molar-refractivity contribution in [2.75, 3.05) is 38.8 Å². The van der Waals surface area contributed by atoms with Gasteiger partial charge in [0.1, 0.15) is 5.75 Å². The monoisotopic (exact) mass is 427 g/mol. The van der Waals surface area contributed by atoms with Crippen LogP contribution in [0.4, 0.5) is 10.5 Å². The van der Waals surface area contributed by atoms with E-state index in [9.17, 15) is 9.59 Å². The summed E-state index contributed by atoms with van der Waals surface area (Å²) in [5.41, 5.74) is 1.74. The quantitative estimate of drug-likeness (QED) is 0.642. The minimum absolute atomic E-state index is 0.0571. The molecule has 1 aliphatic heterocycles. The Hall–Kier alpha value is -3.42. The number of benzene rings is 2. The van der Waals surface area contributed by atoms with E-state index in [1.54, 1.807) is 25.2 Å². The molecule has 0 spiro atoms. The first kappa shape index (κ1) is 22.3. The topological polar surface area (TPSA) is 89.1 Å². The zero-order chi connectivity index (χ0) is 22.2. The lowest BCUT2D eigenvalue weighted by Gasteiger charge is -2.17. The van der Waals surface area contributed by atoms with E-state index in [1.165, 1.54) is 0 Å². The molecule has 1 heterocycles. The third kappa shape index (κ3) is 5.81. The molecule has 1 saturated heterocycles. The number of methoxy groups -OCH3 is 2. The molecule has 166 valence electrons. The molecule has 1 aliphatic rings. The Bertz CT molecular complexity index is 901. The Morgan fingerprint density at radius 1 is 1.06 bits per heavy atom. The summed E-state index contributed by atoms with van der Waals surface area (Å²) in [6, 6.07) is 12.7. The van der Waals surface area contributed by atoms with Crippen LogP contribution in [0.15, 0.2) is 42.5 Å². The molecule has 0 saturated carbocycles. The third-order valence-corrected chi connectivity index (χ3v) is 5.12. The van der Waals surface area contributed by atoms with E-state index in [1.807, 2.05) is 43.3 Å². The Morgan fingerprint density at radius 3 is 2.48 bits per heavy atom. The van der Waals surface area contributed by atoms with Gasteiger partial charge in [0.15, 0.2) is 11.5 Å². The highest BCUT2D eigenvalue weighted by Gasteiger charge is 2.30. The second-order valence-corrected chi connectivity index (χ2v) is 7.25. The van der Waals surface area contributed by atoms with Crippen LogP contribution in [0.2, 0.25) is 0 Å². The van der Waals surface area contributed by atoms with Crippen molar-refractivity contribution in [2.24, 2.45) is 5.92 Å². The van der Waals surface area contributed by atoms with Gasteiger partial charge in [-0.25, -0.2) is 4.79 Å². The second kappa shape index (κ2) is 10.6. The lowest BCUT2D eigenvalue weighted by atomic mass is 10.1. The zero-order valence-corrected chi connectivity index (χ0v) is 18.1. The van der Waals surface area contributed by atoms with Crippen molar-refractivity contribution in [2.45, 2.75) is 19.9 Å². The summed E-state index contributed by atoms with van der Waals surface area (Å²) in [6.45, 7) is 3.89. The van der Waals surface area contributed by atoms with Crippen LogP contribution in [0, 0.1) is 5.92 Å². The molecule has 1 fully saturated rings. The number of anilines is 1. The molecule has 8 nitrogen and oxygen atoms in total. The van der Waals surface area contributed by atoms with E-state index in [0.717, 1.165) is 17.0 Å².